The number of amides is 1. The van der Waals surface area contributed by atoms with E-state index in [1.807, 2.05) is 39.0 Å². The molecular weight excluding hydrogens is 476 g/mol. The number of nitrogens with zero attached hydrogens (tertiary/aromatic N) is 1. The lowest BCUT2D eigenvalue weighted by Gasteiger charge is -2.31. The molecule has 1 aliphatic heterocycles. The number of piperidine rings is 1. The van der Waals surface area contributed by atoms with Crippen molar-refractivity contribution >= 4 is 27.5 Å². The Kier molecular flexibility index (Phi) is 9.22. The van der Waals surface area contributed by atoms with Crippen LogP contribution in [0.15, 0.2) is 42.5 Å². The molecule has 0 aliphatic carbocycles. The number of carbonyl (C=O) groups excluding carboxylic acids is 1. The Balaban J connectivity index is 1.57. The van der Waals surface area contributed by atoms with Crippen LogP contribution in [0.3, 0.4) is 0 Å². The third-order valence-electron chi connectivity index (χ3n) is 5.94. The fraction of sp³-hybridized carbons (Fsp3) is 0.480. The van der Waals surface area contributed by atoms with E-state index in [1.165, 1.54) is 4.31 Å². The molecule has 1 atom stereocenters. The first kappa shape index (κ1) is 26.3. The van der Waals surface area contributed by atoms with Crippen LogP contribution in [0.25, 0.3) is 0 Å². The Morgan fingerprint density at radius 3 is 2.38 bits per heavy atom. The van der Waals surface area contributed by atoms with Crippen molar-refractivity contribution in [3.63, 3.8) is 0 Å². The highest BCUT2D eigenvalue weighted by Gasteiger charge is 2.32. The average molecular weight is 509 g/mol. The third kappa shape index (κ3) is 6.64. The van der Waals surface area contributed by atoms with Gasteiger partial charge in [-0.3, -0.25) is 4.79 Å². The van der Waals surface area contributed by atoms with Gasteiger partial charge in [0.2, 0.25) is 15.9 Å². The highest BCUT2D eigenvalue weighted by atomic mass is 35.5. The van der Waals surface area contributed by atoms with Gasteiger partial charge in [-0.2, -0.15) is 0 Å². The number of carbonyl (C=O) groups is 1. The van der Waals surface area contributed by atoms with E-state index in [0.29, 0.717) is 61.2 Å². The number of halogens is 1. The van der Waals surface area contributed by atoms with E-state index in [2.05, 4.69) is 5.32 Å². The van der Waals surface area contributed by atoms with Gasteiger partial charge in [0.15, 0.2) is 11.5 Å². The molecule has 34 heavy (non-hydrogen) atoms. The van der Waals surface area contributed by atoms with Gasteiger partial charge in [-0.1, -0.05) is 35.9 Å². The first-order valence-electron chi connectivity index (χ1n) is 11.7. The summed E-state index contributed by atoms with van der Waals surface area (Å²) >= 11 is 6.13. The van der Waals surface area contributed by atoms with Gasteiger partial charge >= 0.3 is 0 Å². The van der Waals surface area contributed by atoms with Crippen molar-refractivity contribution in [1.82, 2.24) is 9.62 Å². The van der Waals surface area contributed by atoms with Crippen molar-refractivity contribution in [2.45, 2.75) is 45.4 Å². The van der Waals surface area contributed by atoms with Gasteiger partial charge in [0.25, 0.3) is 0 Å². The normalized spacial score (nSPS) is 16.1. The molecule has 9 heteroatoms. The zero-order valence-corrected chi connectivity index (χ0v) is 21.5. The molecule has 1 aliphatic rings. The van der Waals surface area contributed by atoms with E-state index >= 15 is 0 Å². The van der Waals surface area contributed by atoms with Crippen LogP contribution in [-0.2, 0) is 20.6 Å². The molecule has 186 valence electrons. The minimum atomic E-state index is -3.50. The van der Waals surface area contributed by atoms with Gasteiger partial charge in [-0.05, 0) is 62.9 Å². The lowest BCUT2D eigenvalue weighted by atomic mass is 9.96. The Labute approximate surface area is 207 Å². The van der Waals surface area contributed by atoms with E-state index in [1.54, 1.807) is 24.3 Å². The summed E-state index contributed by atoms with van der Waals surface area (Å²) in [5, 5.41) is 3.51. The summed E-state index contributed by atoms with van der Waals surface area (Å²) in [6.45, 7) is 7.44. The van der Waals surface area contributed by atoms with Crippen LogP contribution in [0.5, 0.6) is 11.5 Å². The summed E-state index contributed by atoms with van der Waals surface area (Å²) < 4.78 is 38.5. The number of benzene rings is 2. The van der Waals surface area contributed by atoms with Crippen LogP contribution >= 0.6 is 11.6 Å². The second-order valence-corrected chi connectivity index (χ2v) is 10.7. The summed E-state index contributed by atoms with van der Waals surface area (Å²) in [6.07, 6.45) is 0.960. The predicted molar refractivity (Wildman–Crippen MR) is 134 cm³/mol. The molecule has 0 radical (unpaired) electrons. The molecule has 0 unspecified atom stereocenters. The minimum Gasteiger partial charge on any atom is -0.490 e. The molecule has 2 aromatic carbocycles. The van der Waals surface area contributed by atoms with Crippen molar-refractivity contribution in [3.8, 4) is 11.5 Å². The molecule has 1 N–H and O–H groups in total. The van der Waals surface area contributed by atoms with E-state index in [0.717, 1.165) is 5.56 Å². The first-order valence-corrected chi connectivity index (χ1v) is 13.6. The Morgan fingerprint density at radius 2 is 1.74 bits per heavy atom. The number of hydrogen-bond donors (Lipinski definition) is 1. The van der Waals surface area contributed by atoms with Crippen LogP contribution in [0.2, 0.25) is 5.02 Å². The number of sulfonamides is 1. The maximum atomic E-state index is 12.9. The fourth-order valence-corrected chi connectivity index (χ4v) is 5.93. The summed E-state index contributed by atoms with van der Waals surface area (Å²) in [5.74, 6) is 0.892. The van der Waals surface area contributed by atoms with E-state index in [-0.39, 0.29) is 23.6 Å². The number of ether oxygens (including phenoxy) is 2. The largest absolute Gasteiger partial charge is 0.490 e. The molecule has 0 saturated carbocycles. The molecule has 1 amide bonds. The second kappa shape index (κ2) is 11.9. The van der Waals surface area contributed by atoms with Crippen LogP contribution in [-0.4, -0.2) is 44.9 Å². The van der Waals surface area contributed by atoms with E-state index in [9.17, 15) is 13.2 Å². The average Bonchev–Trinajstić information content (AvgIpc) is 2.82. The summed E-state index contributed by atoms with van der Waals surface area (Å²) in [4.78, 5) is 12.9. The Bertz CT molecular complexity index is 1080. The lowest BCUT2D eigenvalue weighted by Crippen LogP contribution is -2.43. The molecule has 3 rings (SSSR count). The van der Waals surface area contributed by atoms with Gasteiger partial charge in [-0.25, -0.2) is 12.7 Å². The van der Waals surface area contributed by atoms with Crippen LogP contribution in [0.1, 0.15) is 50.8 Å². The summed E-state index contributed by atoms with van der Waals surface area (Å²) in [5.41, 5.74) is 1.50. The topological polar surface area (TPSA) is 84.9 Å². The predicted octanol–water partition coefficient (Wildman–Crippen LogP) is 4.56. The molecule has 1 heterocycles. The molecule has 0 spiro atoms. The number of nitrogens with one attached hydrogen (secondary N) is 1. The number of hydrogen-bond acceptors (Lipinski definition) is 5. The molecule has 1 fully saturated rings. The van der Waals surface area contributed by atoms with Crippen LogP contribution < -0.4 is 14.8 Å². The van der Waals surface area contributed by atoms with Crippen molar-refractivity contribution in [3.05, 3.63) is 58.6 Å². The second-order valence-electron chi connectivity index (χ2n) is 8.32. The van der Waals surface area contributed by atoms with Gasteiger partial charge < -0.3 is 14.8 Å². The summed E-state index contributed by atoms with van der Waals surface area (Å²) in [7, 11) is -3.50. The maximum absolute atomic E-state index is 12.9. The van der Waals surface area contributed by atoms with Crippen molar-refractivity contribution in [1.29, 1.82) is 0 Å². The van der Waals surface area contributed by atoms with Gasteiger partial charge in [0.05, 0.1) is 25.0 Å². The van der Waals surface area contributed by atoms with E-state index < -0.39 is 10.0 Å². The van der Waals surface area contributed by atoms with Crippen molar-refractivity contribution in [2.75, 3.05) is 26.3 Å². The monoisotopic (exact) mass is 508 g/mol. The molecular formula is C25H33ClN2O5S. The molecule has 0 aromatic heterocycles. The minimum absolute atomic E-state index is 0.0671. The van der Waals surface area contributed by atoms with E-state index in [4.69, 9.17) is 21.1 Å². The lowest BCUT2D eigenvalue weighted by molar-refractivity contribution is -0.126. The Morgan fingerprint density at radius 1 is 1.09 bits per heavy atom. The highest BCUT2D eigenvalue weighted by Crippen LogP contribution is 2.31. The zero-order valence-electron chi connectivity index (χ0n) is 19.9. The zero-order chi connectivity index (χ0) is 24.7. The fourth-order valence-electron chi connectivity index (χ4n) is 4.05. The van der Waals surface area contributed by atoms with Gasteiger partial charge in [0, 0.05) is 24.0 Å². The van der Waals surface area contributed by atoms with Crippen LogP contribution in [0.4, 0.5) is 0 Å². The molecule has 1 saturated heterocycles. The van der Waals surface area contributed by atoms with Crippen LogP contribution in [0, 0.1) is 5.92 Å². The number of rotatable bonds is 10. The van der Waals surface area contributed by atoms with Gasteiger partial charge in [0.1, 0.15) is 0 Å². The SMILES string of the molecule is CCOc1ccc([C@@H](C)NC(=O)C2CCN(S(=O)(=O)Cc3ccccc3Cl)CC2)cc1OCC. The highest BCUT2D eigenvalue weighted by molar-refractivity contribution is 7.88. The van der Waals surface area contributed by atoms with Crippen molar-refractivity contribution < 1.29 is 22.7 Å². The molecule has 0 bridgehead atoms. The third-order valence-corrected chi connectivity index (χ3v) is 8.14. The summed E-state index contributed by atoms with van der Waals surface area (Å²) in [6, 6.07) is 12.4. The quantitative estimate of drug-likeness (QED) is 0.508. The molecule has 2 aromatic rings. The molecule has 7 nitrogen and oxygen atoms in total. The van der Waals surface area contributed by atoms with Crippen molar-refractivity contribution in [2.24, 2.45) is 5.92 Å². The standard InChI is InChI=1S/C25H33ClN2O5S/c1-4-32-23-11-10-20(16-24(23)33-5-2)18(3)27-25(29)19-12-14-28(15-13-19)34(30,31)17-21-8-6-7-9-22(21)26/h6-11,16,18-19H,4-5,12-15,17H2,1-3H3,(H,27,29)/t18-/m1/s1. The first-order chi connectivity index (χ1) is 16.2. The van der Waals surface area contributed by atoms with Gasteiger partial charge in [-0.15, -0.1) is 0 Å². The Hall–Kier alpha value is -2.29. The smallest absolute Gasteiger partial charge is 0.223 e. The maximum Gasteiger partial charge on any atom is 0.223 e.